The second kappa shape index (κ2) is 4.18. The second-order valence-electron chi connectivity index (χ2n) is 3.90. The molecule has 0 amide bonds. The molecule has 82 valence electrons. The fourth-order valence-electron chi connectivity index (χ4n) is 1.47. The molecule has 0 atom stereocenters. The highest BCUT2D eigenvalue weighted by Gasteiger charge is 2.41. The SMILES string of the molecule is CSC1(CNc2cc(C)nc(Cl)n2)CC1. The molecule has 1 aromatic rings. The third kappa shape index (κ3) is 2.75. The molecule has 1 aliphatic rings. The van der Waals surface area contributed by atoms with Gasteiger partial charge in [0.15, 0.2) is 0 Å². The van der Waals surface area contributed by atoms with Gasteiger partial charge in [-0.2, -0.15) is 11.8 Å². The van der Waals surface area contributed by atoms with Crippen LogP contribution in [0.25, 0.3) is 0 Å². The maximum absolute atomic E-state index is 5.78. The summed E-state index contributed by atoms with van der Waals surface area (Å²) in [6, 6.07) is 1.92. The number of halogens is 1. The molecule has 0 bridgehead atoms. The highest BCUT2D eigenvalue weighted by Crippen LogP contribution is 2.46. The van der Waals surface area contributed by atoms with Crippen molar-refractivity contribution in [2.45, 2.75) is 24.5 Å². The van der Waals surface area contributed by atoms with Gasteiger partial charge in [0.05, 0.1) is 0 Å². The summed E-state index contributed by atoms with van der Waals surface area (Å²) in [6.07, 6.45) is 4.74. The molecule has 5 heteroatoms. The van der Waals surface area contributed by atoms with Gasteiger partial charge in [0, 0.05) is 23.1 Å². The van der Waals surface area contributed by atoms with E-state index in [0.29, 0.717) is 10.0 Å². The molecule has 1 aromatic heterocycles. The number of anilines is 1. The van der Waals surface area contributed by atoms with Crippen molar-refractivity contribution < 1.29 is 0 Å². The summed E-state index contributed by atoms with van der Waals surface area (Å²) in [6.45, 7) is 2.88. The van der Waals surface area contributed by atoms with E-state index in [0.717, 1.165) is 18.1 Å². The molecular formula is C10H14ClN3S. The Morgan fingerprint density at radius 1 is 1.53 bits per heavy atom. The topological polar surface area (TPSA) is 37.8 Å². The maximum atomic E-state index is 5.78. The lowest BCUT2D eigenvalue weighted by molar-refractivity contribution is 0.934. The van der Waals surface area contributed by atoms with Crippen molar-refractivity contribution in [3.63, 3.8) is 0 Å². The van der Waals surface area contributed by atoms with Crippen LogP contribution in [0.1, 0.15) is 18.5 Å². The molecule has 1 heterocycles. The van der Waals surface area contributed by atoms with E-state index in [9.17, 15) is 0 Å². The quantitative estimate of drug-likeness (QED) is 0.826. The van der Waals surface area contributed by atoms with Crippen molar-refractivity contribution in [2.75, 3.05) is 18.1 Å². The molecule has 2 rings (SSSR count). The number of aryl methyl sites for hydroxylation is 1. The smallest absolute Gasteiger partial charge is 0.224 e. The van der Waals surface area contributed by atoms with Crippen molar-refractivity contribution >= 4 is 29.2 Å². The number of thioether (sulfide) groups is 1. The average Bonchev–Trinajstić information content (AvgIpc) is 2.94. The van der Waals surface area contributed by atoms with Crippen molar-refractivity contribution in [2.24, 2.45) is 0 Å². The zero-order chi connectivity index (χ0) is 10.9. The molecule has 0 aliphatic heterocycles. The van der Waals surface area contributed by atoms with E-state index in [4.69, 9.17) is 11.6 Å². The third-order valence-corrected chi connectivity index (χ3v) is 4.25. The molecule has 0 aromatic carbocycles. The summed E-state index contributed by atoms with van der Waals surface area (Å²) in [5.74, 6) is 0.827. The molecule has 0 spiro atoms. The Morgan fingerprint density at radius 3 is 2.80 bits per heavy atom. The van der Waals surface area contributed by atoms with Gasteiger partial charge >= 0.3 is 0 Å². The molecule has 0 radical (unpaired) electrons. The Balaban J connectivity index is 1.99. The van der Waals surface area contributed by atoms with Crippen molar-refractivity contribution in [1.82, 2.24) is 9.97 Å². The first-order chi connectivity index (χ1) is 7.13. The van der Waals surface area contributed by atoms with Crippen LogP contribution in [0, 0.1) is 6.92 Å². The van der Waals surface area contributed by atoms with Crippen LogP contribution >= 0.6 is 23.4 Å². The molecule has 3 nitrogen and oxygen atoms in total. The van der Waals surface area contributed by atoms with E-state index >= 15 is 0 Å². The maximum Gasteiger partial charge on any atom is 0.224 e. The highest BCUT2D eigenvalue weighted by atomic mass is 35.5. The largest absolute Gasteiger partial charge is 0.369 e. The van der Waals surface area contributed by atoms with Crippen molar-refractivity contribution in [1.29, 1.82) is 0 Å². The van der Waals surface area contributed by atoms with Gasteiger partial charge in [-0.3, -0.25) is 0 Å². The summed E-state index contributed by atoms with van der Waals surface area (Å²) < 4.78 is 0.436. The van der Waals surface area contributed by atoms with Crippen LogP contribution in [-0.2, 0) is 0 Å². The van der Waals surface area contributed by atoms with Gasteiger partial charge in [0.1, 0.15) is 5.82 Å². The summed E-state index contributed by atoms with van der Waals surface area (Å²) in [5.41, 5.74) is 0.895. The van der Waals surface area contributed by atoms with E-state index in [2.05, 4.69) is 21.5 Å². The molecule has 15 heavy (non-hydrogen) atoms. The Kier molecular flexibility index (Phi) is 3.07. The van der Waals surface area contributed by atoms with E-state index in [1.54, 1.807) is 0 Å². The van der Waals surface area contributed by atoms with Crippen LogP contribution in [0.4, 0.5) is 5.82 Å². The lowest BCUT2D eigenvalue weighted by atomic mass is 10.4. The van der Waals surface area contributed by atoms with E-state index in [1.165, 1.54) is 12.8 Å². The minimum atomic E-state index is 0.312. The number of hydrogen-bond acceptors (Lipinski definition) is 4. The lowest BCUT2D eigenvalue weighted by Gasteiger charge is -2.13. The Bertz CT molecular complexity index is 345. The normalized spacial score (nSPS) is 17.5. The summed E-state index contributed by atoms with van der Waals surface area (Å²) in [4.78, 5) is 8.16. The average molecular weight is 244 g/mol. The number of rotatable bonds is 4. The zero-order valence-corrected chi connectivity index (χ0v) is 10.5. The number of aromatic nitrogens is 2. The molecule has 0 unspecified atom stereocenters. The van der Waals surface area contributed by atoms with Crippen LogP contribution in [0.3, 0.4) is 0 Å². The number of hydrogen-bond donors (Lipinski definition) is 1. The highest BCUT2D eigenvalue weighted by molar-refractivity contribution is 8.00. The fraction of sp³-hybridized carbons (Fsp3) is 0.600. The lowest BCUT2D eigenvalue weighted by Crippen LogP contribution is -2.18. The van der Waals surface area contributed by atoms with Crippen LogP contribution in [0.5, 0.6) is 0 Å². The van der Waals surface area contributed by atoms with Gasteiger partial charge in [0.2, 0.25) is 5.28 Å². The van der Waals surface area contributed by atoms with Crippen LogP contribution in [0.15, 0.2) is 6.07 Å². The predicted octanol–water partition coefficient (Wildman–Crippen LogP) is 2.75. The third-order valence-electron chi connectivity index (χ3n) is 2.66. The first kappa shape index (κ1) is 11.0. The second-order valence-corrected chi connectivity index (χ2v) is 5.52. The fourth-order valence-corrected chi connectivity index (χ4v) is 2.42. The van der Waals surface area contributed by atoms with Crippen molar-refractivity contribution in [3.05, 3.63) is 17.0 Å². The first-order valence-corrected chi connectivity index (χ1v) is 6.54. The zero-order valence-electron chi connectivity index (χ0n) is 8.88. The van der Waals surface area contributed by atoms with Gasteiger partial charge in [-0.25, -0.2) is 9.97 Å². The molecular weight excluding hydrogens is 230 g/mol. The van der Waals surface area contributed by atoms with E-state index in [-0.39, 0.29) is 0 Å². The van der Waals surface area contributed by atoms with E-state index < -0.39 is 0 Å². The standard InChI is InChI=1S/C10H14ClN3S/c1-7-5-8(14-9(11)13-7)12-6-10(15-2)3-4-10/h5H,3-4,6H2,1-2H3,(H,12,13,14). The van der Waals surface area contributed by atoms with Crippen LogP contribution in [-0.4, -0.2) is 27.5 Å². The number of nitrogens with one attached hydrogen (secondary N) is 1. The molecule has 0 saturated heterocycles. The minimum absolute atomic E-state index is 0.312. The Hall–Kier alpha value is -0.480. The molecule has 1 aliphatic carbocycles. The van der Waals surface area contributed by atoms with Gasteiger partial charge in [-0.1, -0.05) is 0 Å². The summed E-state index contributed by atoms with van der Waals surface area (Å²) in [7, 11) is 0. The Labute approximate surface area is 99.0 Å². The summed E-state index contributed by atoms with van der Waals surface area (Å²) in [5, 5.41) is 3.64. The Morgan fingerprint density at radius 2 is 2.27 bits per heavy atom. The van der Waals surface area contributed by atoms with E-state index in [1.807, 2.05) is 24.8 Å². The van der Waals surface area contributed by atoms with Crippen LogP contribution < -0.4 is 5.32 Å². The minimum Gasteiger partial charge on any atom is -0.369 e. The molecule has 1 saturated carbocycles. The van der Waals surface area contributed by atoms with Crippen molar-refractivity contribution in [3.8, 4) is 0 Å². The first-order valence-electron chi connectivity index (χ1n) is 4.94. The molecule has 1 N–H and O–H groups in total. The van der Waals surface area contributed by atoms with Gasteiger partial charge < -0.3 is 5.32 Å². The summed E-state index contributed by atoms with van der Waals surface area (Å²) >= 11 is 7.71. The number of nitrogens with zero attached hydrogens (tertiary/aromatic N) is 2. The van der Waals surface area contributed by atoms with Crippen LogP contribution in [0.2, 0.25) is 5.28 Å². The molecule has 1 fully saturated rings. The predicted molar refractivity (Wildman–Crippen MR) is 65.7 cm³/mol. The van der Waals surface area contributed by atoms with Gasteiger partial charge in [-0.15, -0.1) is 0 Å². The van der Waals surface area contributed by atoms with Gasteiger partial charge in [0.25, 0.3) is 0 Å². The van der Waals surface area contributed by atoms with Gasteiger partial charge in [-0.05, 0) is 37.6 Å². The monoisotopic (exact) mass is 243 g/mol.